The smallest absolute Gasteiger partial charge is 0.231 e. The molecule has 0 atom stereocenters. The summed E-state index contributed by atoms with van der Waals surface area (Å²) in [4.78, 5) is 15.5. The molecule has 5 heteroatoms. The van der Waals surface area contributed by atoms with Crippen LogP contribution in [0.2, 0.25) is 0 Å². The number of rotatable bonds is 1. The van der Waals surface area contributed by atoms with Crippen LogP contribution in [-0.2, 0) is 0 Å². The van der Waals surface area contributed by atoms with Crippen molar-refractivity contribution in [2.45, 2.75) is 0 Å². The normalized spacial score (nSPS) is 12.8. The van der Waals surface area contributed by atoms with E-state index < -0.39 is 0 Å². The van der Waals surface area contributed by atoms with Crippen molar-refractivity contribution in [2.75, 3.05) is 6.79 Å². The third-order valence-electron chi connectivity index (χ3n) is 3.50. The molecule has 0 radical (unpaired) electrons. The number of pyridine rings is 1. The van der Waals surface area contributed by atoms with Crippen LogP contribution in [0.1, 0.15) is 0 Å². The predicted octanol–water partition coefficient (Wildman–Crippen LogP) is 2.63. The number of hydrogen-bond donors (Lipinski definition) is 2. The zero-order valence-electron chi connectivity index (χ0n) is 10.9. The molecule has 0 saturated carbocycles. The van der Waals surface area contributed by atoms with Gasteiger partial charge in [0.2, 0.25) is 6.79 Å². The highest BCUT2D eigenvalue weighted by Gasteiger charge is 2.16. The van der Waals surface area contributed by atoms with Gasteiger partial charge in [0.1, 0.15) is 5.75 Å². The summed E-state index contributed by atoms with van der Waals surface area (Å²) in [5, 5.41) is 9.89. The maximum absolute atomic E-state index is 12.3. The summed E-state index contributed by atoms with van der Waals surface area (Å²) in [6, 6.07) is 11.7. The molecular weight excluding hydrogens is 270 g/mol. The molecule has 0 aliphatic carbocycles. The fraction of sp³-hybridized carbons (Fsp3) is 0.0625. The largest absolute Gasteiger partial charge is 0.508 e. The first kappa shape index (κ1) is 11.8. The molecule has 0 fully saturated rings. The summed E-state index contributed by atoms with van der Waals surface area (Å²) < 4.78 is 10.6. The molecule has 0 unspecified atom stereocenters. The minimum absolute atomic E-state index is 0.0925. The Morgan fingerprint density at radius 3 is 2.48 bits per heavy atom. The van der Waals surface area contributed by atoms with Crippen molar-refractivity contribution in [2.24, 2.45) is 0 Å². The van der Waals surface area contributed by atoms with Crippen LogP contribution >= 0.6 is 0 Å². The molecule has 21 heavy (non-hydrogen) atoms. The lowest BCUT2D eigenvalue weighted by atomic mass is 10.1. The maximum atomic E-state index is 12.3. The molecule has 0 bridgehead atoms. The summed E-state index contributed by atoms with van der Waals surface area (Å²) in [6.07, 6.45) is 0. The van der Waals surface area contributed by atoms with Crippen LogP contribution in [0.15, 0.2) is 47.3 Å². The third kappa shape index (κ3) is 1.90. The van der Waals surface area contributed by atoms with E-state index in [1.54, 1.807) is 36.4 Å². The molecule has 3 aromatic rings. The van der Waals surface area contributed by atoms with Crippen LogP contribution in [0.3, 0.4) is 0 Å². The minimum Gasteiger partial charge on any atom is -0.508 e. The summed E-state index contributed by atoms with van der Waals surface area (Å²) in [5.74, 6) is 1.40. The van der Waals surface area contributed by atoms with Gasteiger partial charge in [-0.1, -0.05) is 0 Å². The Hall–Kier alpha value is -2.95. The molecule has 0 saturated heterocycles. The second kappa shape index (κ2) is 4.28. The highest BCUT2D eigenvalue weighted by Crippen LogP contribution is 2.35. The van der Waals surface area contributed by atoms with Gasteiger partial charge in [0.05, 0.1) is 5.52 Å². The number of nitrogens with one attached hydrogen (secondary N) is 1. The maximum Gasteiger partial charge on any atom is 0.231 e. The molecule has 2 heterocycles. The van der Waals surface area contributed by atoms with E-state index in [2.05, 4.69) is 4.98 Å². The molecule has 0 spiro atoms. The van der Waals surface area contributed by atoms with Gasteiger partial charge in [-0.15, -0.1) is 0 Å². The topological polar surface area (TPSA) is 71.5 Å². The van der Waals surface area contributed by atoms with Gasteiger partial charge in [-0.2, -0.15) is 0 Å². The highest BCUT2D eigenvalue weighted by atomic mass is 16.7. The quantitative estimate of drug-likeness (QED) is 0.719. The number of aromatic hydroxyl groups is 1. The van der Waals surface area contributed by atoms with Crippen LogP contribution in [0.5, 0.6) is 17.2 Å². The second-order valence-electron chi connectivity index (χ2n) is 4.85. The average Bonchev–Trinajstić information content (AvgIpc) is 2.93. The van der Waals surface area contributed by atoms with Crippen LogP contribution in [0.25, 0.3) is 22.2 Å². The minimum atomic E-state index is -0.0925. The van der Waals surface area contributed by atoms with Crippen molar-refractivity contribution in [3.63, 3.8) is 0 Å². The van der Waals surface area contributed by atoms with Crippen molar-refractivity contribution in [1.29, 1.82) is 0 Å². The number of aromatic amines is 1. The lowest BCUT2D eigenvalue weighted by molar-refractivity contribution is 0.174. The molecule has 1 aliphatic heterocycles. The van der Waals surface area contributed by atoms with Crippen molar-refractivity contribution in [3.05, 3.63) is 52.7 Å². The number of H-pyrrole nitrogens is 1. The van der Waals surface area contributed by atoms with Gasteiger partial charge < -0.3 is 19.6 Å². The van der Waals surface area contributed by atoms with E-state index in [1.165, 1.54) is 6.07 Å². The van der Waals surface area contributed by atoms with Crippen molar-refractivity contribution in [1.82, 2.24) is 4.98 Å². The fourth-order valence-corrected chi connectivity index (χ4v) is 2.44. The Bertz CT molecular complexity index is 897. The molecule has 0 amide bonds. The molecule has 1 aromatic heterocycles. The van der Waals surface area contributed by atoms with Gasteiger partial charge in [0.15, 0.2) is 16.9 Å². The van der Waals surface area contributed by atoms with E-state index >= 15 is 0 Å². The first-order valence-corrected chi connectivity index (χ1v) is 6.47. The first-order valence-electron chi connectivity index (χ1n) is 6.47. The summed E-state index contributed by atoms with van der Waals surface area (Å²) in [5.41, 5.74) is 2.11. The zero-order chi connectivity index (χ0) is 14.4. The molecule has 5 nitrogen and oxygen atoms in total. The lowest BCUT2D eigenvalue weighted by Crippen LogP contribution is -2.02. The summed E-state index contributed by atoms with van der Waals surface area (Å²) in [7, 11) is 0. The standard InChI is InChI=1S/C16H11NO4/c18-10-3-1-9(2-4-10)12-6-14(19)11-5-15-16(21-8-20-15)7-13(11)17-12/h1-7,18H,8H2,(H,17,19). The molecule has 1 aliphatic rings. The molecule has 2 N–H and O–H groups in total. The molecule has 4 rings (SSSR count). The molecule has 2 aromatic carbocycles. The average molecular weight is 281 g/mol. The van der Waals surface area contributed by atoms with Crippen LogP contribution in [0, 0.1) is 0 Å². The summed E-state index contributed by atoms with van der Waals surface area (Å²) >= 11 is 0. The first-order chi connectivity index (χ1) is 10.2. The van der Waals surface area contributed by atoms with Gasteiger partial charge in [-0.25, -0.2) is 0 Å². The Labute approximate surface area is 119 Å². The fourth-order valence-electron chi connectivity index (χ4n) is 2.44. The SMILES string of the molecule is O=c1cc(-c2ccc(O)cc2)[nH]c2cc3c(cc12)OCO3. The van der Waals surface area contributed by atoms with Gasteiger partial charge >= 0.3 is 0 Å². The van der Waals surface area contributed by atoms with E-state index in [4.69, 9.17) is 9.47 Å². The van der Waals surface area contributed by atoms with Gasteiger partial charge in [0, 0.05) is 23.2 Å². The van der Waals surface area contributed by atoms with Crippen LogP contribution in [-0.4, -0.2) is 16.9 Å². The van der Waals surface area contributed by atoms with E-state index in [0.29, 0.717) is 28.1 Å². The highest BCUT2D eigenvalue weighted by molar-refractivity contribution is 5.85. The van der Waals surface area contributed by atoms with E-state index in [1.807, 2.05) is 0 Å². The Balaban J connectivity index is 1.94. The Morgan fingerprint density at radius 1 is 1.00 bits per heavy atom. The van der Waals surface area contributed by atoms with E-state index in [0.717, 1.165) is 5.56 Å². The number of phenols is 1. The third-order valence-corrected chi connectivity index (χ3v) is 3.50. The monoisotopic (exact) mass is 281 g/mol. The van der Waals surface area contributed by atoms with E-state index in [9.17, 15) is 9.90 Å². The Morgan fingerprint density at radius 2 is 1.71 bits per heavy atom. The van der Waals surface area contributed by atoms with Gasteiger partial charge in [-0.3, -0.25) is 4.79 Å². The number of hydrogen-bond acceptors (Lipinski definition) is 4. The molecular formula is C16H11NO4. The van der Waals surface area contributed by atoms with Gasteiger partial charge in [-0.05, 0) is 35.9 Å². The Kier molecular flexibility index (Phi) is 2.41. The number of fused-ring (bicyclic) bond motifs is 2. The zero-order valence-corrected chi connectivity index (χ0v) is 10.9. The predicted molar refractivity (Wildman–Crippen MR) is 77.8 cm³/mol. The molecule has 104 valence electrons. The number of phenolic OH excluding ortho intramolecular Hbond substituents is 1. The number of ether oxygens (including phenoxy) is 2. The van der Waals surface area contributed by atoms with Crippen molar-refractivity contribution < 1.29 is 14.6 Å². The van der Waals surface area contributed by atoms with Crippen LogP contribution < -0.4 is 14.9 Å². The number of benzene rings is 2. The summed E-state index contributed by atoms with van der Waals surface area (Å²) in [6.45, 7) is 0.171. The van der Waals surface area contributed by atoms with Crippen molar-refractivity contribution >= 4 is 10.9 Å². The van der Waals surface area contributed by atoms with Gasteiger partial charge in [0.25, 0.3) is 0 Å². The van der Waals surface area contributed by atoms with Crippen molar-refractivity contribution in [3.8, 4) is 28.5 Å². The second-order valence-corrected chi connectivity index (χ2v) is 4.85. The van der Waals surface area contributed by atoms with E-state index in [-0.39, 0.29) is 18.0 Å². The van der Waals surface area contributed by atoms with Crippen LogP contribution in [0.4, 0.5) is 0 Å². The number of aromatic nitrogens is 1. The lowest BCUT2D eigenvalue weighted by Gasteiger charge is -2.06.